The molecule has 0 saturated carbocycles. The molecule has 0 aromatic rings. The Labute approximate surface area is 106 Å². The van der Waals surface area contributed by atoms with Crippen LogP contribution < -0.4 is 0 Å². The number of amides is 1. The summed E-state index contributed by atoms with van der Waals surface area (Å²) in [5.41, 5.74) is 0. The van der Waals surface area contributed by atoms with Gasteiger partial charge >= 0.3 is 11.9 Å². The van der Waals surface area contributed by atoms with Crippen molar-refractivity contribution >= 4 is 17.8 Å². The fourth-order valence-electron chi connectivity index (χ4n) is 2.09. The molecule has 0 radical (unpaired) electrons. The van der Waals surface area contributed by atoms with Crippen molar-refractivity contribution in [1.82, 2.24) is 4.90 Å². The number of esters is 1. The second-order valence-electron chi connectivity index (χ2n) is 4.53. The number of likely N-dealkylation sites (tertiary alicyclic amines) is 1. The summed E-state index contributed by atoms with van der Waals surface area (Å²) in [5.74, 6) is -2.00. The highest BCUT2D eigenvalue weighted by Crippen LogP contribution is 2.23. The summed E-state index contributed by atoms with van der Waals surface area (Å²) in [7, 11) is 0. The largest absolute Gasteiger partial charge is 0.481 e. The van der Waals surface area contributed by atoms with Crippen LogP contribution in [-0.4, -0.2) is 47.5 Å². The molecule has 0 spiro atoms. The molecule has 0 unspecified atom stereocenters. The SMILES string of the molecule is CCOC(=O)CCC(=O)N1C[C@@H](C)[C@H](C(=O)O)C1. The van der Waals surface area contributed by atoms with E-state index in [4.69, 9.17) is 9.84 Å². The van der Waals surface area contributed by atoms with Gasteiger partial charge in [0.1, 0.15) is 0 Å². The summed E-state index contributed by atoms with van der Waals surface area (Å²) in [5, 5.41) is 8.96. The number of rotatable bonds is 5. The summed E-state index contributed by atoms with van der Waals surface area (Å²) in [6.07, 6.45) is 0.132. The number of carbonyl (C=O) groups excluding carboxylic acids is 2. The minimum Gasteiger partial charge on any atom is -0.481 e. The summed E-state index contributed by atoms with van der Waals surface area (Å²) < 4.78 is 4.73. The number of carboxylic acid groups (broad SMARTS) is 1. The molecule has 0 aromatic carbocycles. The first-order valence-corrected chi connectivity index (χ1v) is 6.11. The molecular weight excluding hydrogens is 238 g/mol. The van der Waals surface area contributed by atoms with Crippen LogP contribution in [0, 0.1) is 11.8 Å². The summed E-state index contributed by atoms with van der Waals surface area (Å²) in [6.45, 7) is 4.50. The zero-order valence-corrected chi connectivity index (χ0v) is 10.7. The minimum atomic E-state index is -0.872. The van der Waals surface area contributed by atoms with Gasteiger partial charge in [-0.1, -0.05) is 6.92 Å². The second-order valence-corrected chi connectivity index (χ2v) is 4.53. The lowest BCUT2D eigenvalue weighted by Crippen LogP contribution is -2.30. The minimum absolute atomic E-state index is 0.0472. The molecule has 1 aliphatic rings. The molecule has 1 aliphatic heterocycles. The van der Waals surface area contributed by atoms with E-state index in [-0.39, 0.29) is 31.2 Å². The molecule has 1 fully saturated rings. The maximum atomic E-state index is 11.8. The Balaban J connectivity index is 2.40. The van der Waals surface area contributed by atoms with Crippen molar-refractivity contribution in [2.45, 2.75) is 26.7 Å². The van der Waals surface area contributed by atoms with E-state index in [9.17, 15) is 14.4 Å². The van der Waals surface area contributed by atoms with Crippen LogP contribution in [0.5, 0.6) is 0 Å². The lowest BCUT2D eigenvalue weighted by Gasteiger charge is -2.15. The van der Waals surface area contributed by atoms with E-state index < -0.39 is 17.9 Å². The lowest BCUT2D eigenvalue weighted by atomic mass is 9.99. The van der Waals surface area contributed by atoms with Gasteiger partial charge in [-0.25, -0.2) is 0 Å². The van der Waals surface area contributed by atoms with Crippen LogP contribution in [0.2, 0.25) is 0 Å². The summed E-state index contributed by atoms with van der Waals surface area (Å²) in [6, 6.07) is 0. The molecule has 102 valence electrons. The molecule has 6 nitrogen and oxygen atoms in total. The number of hydrogen-bond acceptors (Lipinski definition) is 4. The van der Waals surface area contributed by atoms with Crippen molar-refractivity contribution in [2.24, 2.45) is 11.8 Å². The Kier molecular flexibility index (Phi) is 5.12. The van der Waals surface area contributed by atoms with E-state index in [0.717, 1.165) is 0 Å². The molecule has 0 aliphatic carbocycles. The summed E-state index contributed by atoms with van der Waals surface area (Å²) >= 11 is 0. The lowest BCUT2D eigenvalue weighted by molar-refractivity contribution is -0.146. The Morgan fingerprint density at radius 1 is 1.28 bits per heavy atom. The third-order valence-corrected chi connectivity index (χ3v) is 3.13. The standard InChI is InChI=1S/C12H19NO5/c1-3-18-11(15)5-4-10(14)13-6-8(2)9(7-13)12(16)17/h8-9H,3-7H2,1-2H3,(H,16,17)/t8-,9-/m1/s1. The molecule has 0 aromatic heterocycles. The van der Waals surface area contributed by atoms with Gasteiger partial charge in [0.2, 0.25) is 5.91 Å². The monoisotopic (exact) mass is 257 g/mol. The predicted molar refractivity (Wildman–Crippen MR) is 62.7 cm³/mol. The van der Waals surface area contributed by atoms with Crippen LogP contribution in [0.1, 0.15) is 26.7 Å². The predicted octanol–water partition coefficient (Wildman–Crippen LogP) is 0.509. The van der Waals surface area contributed by atoms with Crippen molar-refractivity contribution in [1.29, 1.82) is 0 Å². The molecule has 1 heterocycles. The average molecular weight is 257 g/mol. The Hall–Kier alpha value is -1.59. The van der Waals surface area contributed by atoms with Gasteiger partial charge in [-0.15, -0.1) is 0 Å². The van der Waals surface area contributed by atoms with E-state index in [0.29, 0.717) is 13.2 Å². The number of ether oxygens (including phenoxy) is 1. The highest BCUT2D eigenvalue weighted by Gasteiger charge is 2.36. The number of carboxylic acids is 1. The number of hydrogen-bond donors (Lipinski definition) is 1. The van der Waals surface area contributed by atoms with E-state index in [1.54, 1.807) is 6.92 Å². The van der Waals surface area contributed by atoms with Gasteiger partial charge in [0, 0.05) is 19.5 Å². The average Bonchev–Trinajstić information content (AvgIpc) is 2.69. The maximum absolute atomic E-state index is 11.8. The fraction of sp³-hybridized carbons (Fsp3) is 0.750. The molecule has 18 heavy (non-hydrogen) atoms. The van der Waals surface area contributed by atoms with Gasteiger partial charge in [-0.2, -0.15) is 0 Å². The van der Waals surface area contributed by atoms with Crippen molar-refractivity contribution in [2.75, 3.05) is 19.7 Å². The van der Waals surface area contributed by atoms with Crippen LogP contribution in [-0.2, 0) is 19.1 Å². The number of carbonyl (C=O) groups is 3. The van der Waals surface area contributed by atoms with Crippen molar-refractivity contribution in [3.63, 3.8) is 0 Å². The normalized spacial score (nSPS) is 22.9. The Morgan fingerprint density at radius 3 is 2.44 bits per heavy atom. The topological polar surface area (TPSA) is 83.9 Å². The van der Waals surface area contributed by atoms with E-state index in [2.05, 4.69) is 0 Å². The van der Waals surface area contributed by atoms with Gasteiger partial charge in [-0.3, -0.25) is 14.4 Å². The highest BCUT2D eigenvalue weighted by atomic mass is 16.5. The molecule has 0 bridgehead atoms. The van der Waals surface area contributed by atoms with Crippen LogP contribution in [0.15, 0.2) is 0 Å². The van der Waals surface area contributed by atoms with Gasteiger partial charge in [0.05, 0.1) is 18.9 Å². The molecule has 1 saturated heterocycles. The van der Waals surface area contributed by atoms with Crippen LogP contribution >= 0.6 is 0 Å². The highest BCUT2D eigenvalue weighted by molar-refractivity contribution is 5.82. The van der Waals surface area contributed by atoms with Gasteiger partial charge < -0.3 is 14.7 Å². The van der Waals surface area contributed by atoms with E-state index in [1.807, 2.05) is 6.92 Å². The van der Waals surface area contributed by atoms with Crippen molar-refractivity contribution < 1.29 is 24.2 Å². The number of nitrogens with zero attached hydrogens (tertiary/aromatic N) is 1. The zero-order valence-electron chi connectivity index (χ0n) is 10.7. The van der Waals surface area contributed by atoms with Crippen molar-refractivity contribution in [3.8, 4) is 0 Å². The fourth-order valence-corrected chi connectivity index (χ4v) is 2.09. The molecule has 1 rings (SSSR count). The Morgan fingerprint density at radius 2 is 1.94 bits per heavy atom. The second kappa shape index (κ2) is 6.37. The first-order valence-electron chi connectivity index (χ1n) is 6.11. The third-order valence-electron chi connectivity index (χ3n) is 3.13. The van der Waals surface area contributed by atoms with Crippen LogP contribution in [0.3, 0.4) is 0 Å². The third kappa shape index (κ3) is 3.72. The molecule has 1 amide bonds. The van der Waals surface area contributed by atoms with Crippen LogP contribution in [0.4, 0.5) is 0 Å². The Bertz CT molecular complexity index is 341. The zero-order chi connectivity index (χ0) is 13.7. The first kappa shape index (κ1) is 14.5. The molecule has 2 atom stereocenters. The quantitative estimate of drug-likeness (QED) is 0.725. The van der Waals surface area contributed by atoms with E-state index >= 15 is 0 Å². The summed E-state index contributed by atoms with van der Waals surface area (Å²) in [4.78, 5) is 35.3. The van der Waals surface area contributed by atoms with Crippen LogP contribution in [0.25, 0.3) is 0 Å². The van der Waals surface area contributed by atoms with Gasteiger partial charge in [0.25, 0.3) is 0 Å². The van der Waals surface area contributed by atoms with Crippen molar-refractivity contribution in [3.05, 3.63) is 0 Å². The van der Waals surface area contributed by atoms with Gasteiger partial charge in [-0.05, 0) is 12.8 Å². The van der Waals surface area contributed by atoms with E-state index in [1.165, 1.54) is 4.90 Å². The maximum Gasteiger partial charge on any atom is 0.308 e. The first-order chi connectivity index (χ1) is 8.45. The smallest absolute Gasteiger partial charge is 0.308 e. The molecular formula is C12H19NO5. The van der Waals surface area contributed by atoms with Gasteiger partial charge in [0.15, 0.2) is 0 Å². The number of aliphatic carboxylic acids is 1. The molecule has 6 heteroatoms. The molecule has 1 N–H and O–H groups in total.